The second kappa shape index (κ2) is 6.86. The Morgan fingerprint density at radius 1 is 1.08 bits per heavy atom. The molecule has 0 spiro atoms. The van der Waals surface area contributed by atoms with Crippen molar-refractivity contribution in [3.05, 3.63) is 23.8 Å². The van der Waals surface area contributed by atoms with Crippen molar-refractivity contribution < 1.29 is 13.6 Å². The summed E-state index contributed by atoms with van der Waals surface area (Å²) in [5, 5.41) is 0.698. The van der Waals surface area contributed by atoms with Crippen LogP contribution in [0.3, 0.4) is 0 Å². The third kappa shape index (κ3) is 3.34. The molecular formula is C18H21F2N3OS. The van der Waals surface area contributed by atoms with E-state index in [-0.39, 0.29) is 17.3 Å². The maximum absolute atomic E-state index is 13.8. The number of aromatic nitrogens is 1. The summed E-state index contributed by atoms with van der Waals surface area (Å²) in [6.45, 7) is 2.70. The van der Waals surface area contributed by atoms with Crippen LogP contribution in [-0.2, 0) is 4.79 Å². The zero-order chi connectivity index (χ0) is 17.4. The molecule has 2 aliphatic rings. The van der Waals surface area contributed by atoms with E-state index in [4.69, 9.17) is 0 Å². The lowest BCUT2D eigenvalue weighted by molar-refractivity contribution is -0.136. The molecule has 0 radical (unpaired) electrons. The molecule has 4 rings (SSSR count). The summed E-state index contributed by atoms with van der Waals surface area (Å²) < 4.78 is 27.7. The van der Waals surface area contributed by atoms with Crippen LogP contribution in [0.15, 0.2) is 12.1 Å². The maximum atomic E-state index is 13.8. The number of halogens is 2. The van der Waals surface area contributed by atoms with Crippen molar-refractivity contribution in [1.82, 2.24) is 9.88 Å². The molecule has 0 bridgehead atoms. The van der Waals surface area contributed by atoms with E-state index in [0.717, 1.165) is 31.7 Å². The van der Waals surface area contributed by atoms with Gasteiger partial charge in [0, 0.05) is 38.2 Å². The monoisotopic (exact) mass is 365 g/mol. The van der Waals surface area contributed by atoms with Crippen LogP contribution in [0, 0.1) is 17.6 Å². The summed E-state index contributed by atoms with van der Waals surface area (Å²) >= 11 is 1.30. The molecule has 1 saturated carbocycles. The van der Waals surface area contributed by atoms with Gasteiger partial charge in [-0.2, -0.15) is 0 Å². The van der Waals surface area contributed by atoms with E-state index in [0.29, 0.717) is 36.0 Å². The third-order valence-corrected chi connectivity index (χ3v) is 6.28. The van der Waals surface area contributed by atoms with Crippen LogP contribution in [0.25, 0.3) is 10.2 Å². The van der Waals surface area contributed by atoms with Gasteiger partial charge in [-0.15, -0.1) is 0 Å². The van der Waals surface area contributed by atoms with E-state index in [9.17, 15) is 13.6 Å². The number of hydrogen-bond acceptors (Lipinski definition) is 4. The third-order valence-electron chi connectivity index (χ3n) is 5.22. The molecule has 0 atom stereocenters. The van der Waals surface area contributed by atoms with Gasteiger partial charge in [0.25, 0.3) is 0 Å². The van der Waals surface area contributed by atoms with Crippen LogP contribution in [0.5, 0.6) is 0 Å². The van der Waals surface area contributed by atoms with Crippen molar-refractivity contribution >= 4 is 32.6 Å². The molecule has 1 amide bonds. The molecule has 2 fully saturated rings. The Balaban J connectivity index is 1.43. The van der Waals surface area contributed by atoms with Gasteiger partial charge in [0.05, 0.1) is 4.70 Å². The molecule has 1 aliphatic heterocycles. The molecule has 4 nitrogen and oxygen atoms in total. The van der Waals surface area contributed by atoms with Crippen LogP contribution >= 0.6 is 11.3 Å². The average Bonchev–Trinajstić information content (AvgIpc) is 3.06. The highest BCUT2D eigenvalue weighted by Crippen LogP contribution is 2.32. The number of benzene rings is 1. The smallest absolute Gasteiger partial charge is 0.225 e. The van der Waals surface area contributed by atoms with Crippen LogP contribution in [-0.4, -0.2) is 42.0 Å². The minimum atomic E-state index is -0.622. The predicted molar refractivity (Wildman–Crippen MR) is 94.9 cm³/mol. The first-order valence-corrected chi connectivity index (χ1v) is 9.73. The van der Waals surface area contributed by atoms with E-state index < -0.39 is 11.6 Å². The molecule has 1 aromatic carbocycles. The zero-order valence-corrected chi connectivity index (χ0v) is 14.8. The first-order valence-electron chi connectivity index (χ1n) is 8.91. The van der Waals surface area contributed by atoms with Gasteiger partial charge in [0.2, 0.25) is 5.91 Å². The number of carbonyl (C=O) groups excluding carboxylic acids is 1. The number of piperazine rings is 1. The quantitative estimate of drug-likeness (QED) is 0.812. The Kier molecular flexibility index (Phi) is 4.58. The maximum Gasteiger partial charge on any atom is 0.225 e. The lowest BCUT2D eigenvalue weighted by Gasteiger charge is -2.37. The second-order valence-electron chi connectivity index (χ2n) is 6.88. The highest BCUT2D eigenvalue weighted by molar-refractivity contribution is 7.22. The highest BCUT2D eigenvalue weighted by atomic mass is 32.1. The van der Waals surface area contributed by atoms with Crippen molar-refractivity contribution in [1.29, 1.82) is 0 Å². The fourth-order valence-electron chi connectivity index (χ4n) is 3.81. The van der Waals surface area contributed by atoms with Crippen LogP contribution in [0.4, 0.5) is 13.9 Å². The summed E-state index contributed by atoms with van der Waals surface area (Å²) in [6.07, 6.45) is 5.59. The van der Waals surface area contributed by atoms with Gasteiger partial charge in [0.1, 0.15) is 11.3 Å². The standard InChI is InChI=1S/C18H21F2N3OS/c19-13-10-14(20)16-15(11-13)25-18(21-16)23-8-6-22(7-9-23)17(24)12-4-2-1-3-5-12/h10-12H,1-9H2. The molecule has 2 aromatic rings. The minimum Gasteiger partial charge on any atom is -0.345 e. The lowest BCUT2D eigenvalue weighted by atomic mass is 9.88. The number of nitrogens with zero attached hydrogens (tertiary/aromatic N) is 3. The Hall–Kier alpha value is -1.76. The average molecular weight is 365 g/mol. The Bertz CT molecular complexity index is 780. The minimum absolute atomic E-state index is 0.194. The molecule has 1 saturated heterocycles. The number of anilines is 1. The van der Waals surface area contributed by atoms with E-state index in [1.54, 1.807) is 0 Å². The lowest BCUT2D eigenvalue weighted by Crippen LogP contribution is -2.50. The molecule has 0 N–H and O–H groups in total. The molecule has 1 aliphatic carbocycles. The van der Waals surface area contributed by atoms with Gasteiger partial charge < -0.3 is 9.80 Å². The molecular weight excluding hydrogens is 344 g/mol. The summed E-state index contributed by atoms with van der Waals surface area (Å²) in [6, 6.07) is 2.19. The van der Waals surface area contributed by atoms with Crippen molar-refractivity contribution in [3.8, 4) is 0 Å². The van der Waals surface area contributed by atoms with Gasteiger partial charge in [-0.25, -0.2) is 13.8 Å². The number of fused-ring (bicyclic) bond motifs is 1. The van der Waals surface area contributed by atoms with Gasteiger partial charge in [-0.1, -0.05) is 30.6 Å². The van der Waals surface area contributed by atoms with Crippen LogP contribution in [0.1, 0.15) is 32.1 Å². The van der Waals surface area contributed by atoms with Crippen molar-refractivity contribution in [3.63, 3.8) is 0 Å². The highest BCUT2D eigenvalue weighted by Gasteiger charge is 2.29. The first kappa shape index (κ1) is 16.7. The predicted octanol–water partition coefficient (Wildman–Crippen LogP) is 3.80. The molecule has 134 valence electrons. The van der Waals surface area contributed by atoms with E-state index in [1.807, 2.05) is 4.90 Å². The Morgan fingerprint density at radius 3 is 2.52 bits per heavy atom. The topological polar surface area (TPSA) is 36.4 Å². The summed E-state index contributed by atoms with van der Waals surface area (Å²) in [7, 11) is 0. The number of thiazole rings is 1. The zero-order valence-electron chi connectivity index (χ0n) is 14.0. The molecule has 1 aromatic heterocycles. The Morgan fingerprint density at radius 2 is 1.80 bits per heavy atom. The van der Waals surface area contributed by atoms with Gasteiger partial charge >= 0.3 is 0 Å². The normalized spacial score (nSPS) is 19.6. The van der Waals surface area contributed by atoms with Crippen molar-refractivity contribution in [2.24, 2.45) is 5.92 Å². The molecule has 25 heavy (non-hydrogen) atoms. The van der Waals surface area contributed by atoms with Gasteiger partial charge in [-0.3, -0.25) is 4.79 Å². The van der Waals surface area contributed by atoms with Gasteiger partial charge in [-0.05, 0) is 18.9 Å². The molecule has 2 heterocycles. The fourth-order valence-corrected chi connectivity index (χ4v) is 4.86. The van der Waals surface area contributed by atoms with E-state index >= 15 is 0 Å². The first-order chi connectivity index (χ1) is 12.1. The van der Waals surface area contributed by atoms with E-state index in [1.165, 1.54) is 23.8 Å². The summed E-state index contributed by atoms with van der Waals surface area (Å²) in [5.41, 5.74) is 0.224. The largest absolute Gasteiger partial charge is 0.345 e. The van der Waals surface area contributed by atoms with E-state index in [2.05, 4.69) is 9.88 Å². The Labute approximate surface area is 149 Å². The summed E-state index contributed by atoms with van der Waals surface area (Å²) in [5.74, 6) is -0.719. The van der Waals surface area contributed by atoms with Gasteiger partial charge in [0.15, 0.2) is 10.9 Å². The number of carbonyl (C=O) groups is 1. The number of hydrogen-bond donors (Lipinski definition) is 0. The molecule has 0 unspecified atom stereocenters. The van der Waals surface area contributed by atoms with Crippen molar-refractivity contribution in [2.45, 2.75) is 32.1 Å². The number of amides is 1. The molecule has 7 heteroatoms. The summed E-state index contributed by atoms with van der Waals surface area (Å²) in [4.78, 5) is 21.0. The van der Waals surface area contributed by atoms with Crippen LogP contribution < -0.4 is 4.90 Å². The fraction of sp³-hybridized carbons (Fsp3) is 0.556. The van der Waals surface area contributed by atoms with Crippen LogP contribution in [0.2, 0.25) is 0 Å². The van der Waals surface area contributed by atoms with Crippen molar-refractivity contribution in [2.75, 3.05) is 31.1 Å². The second-order valence-corrected chi connectivity index (χ2v) is 7.89. The SMILES string of the molecule is O=C(C1CCCCC1)N1CCN(c2nc3c(F)cc(F)cc3s2)CC1. The number of rotatable bonds is 2.